The molecular weight excluding hydrogens is 407 g/mol. The zero-order valence-corrected chi connectivity index (χ0v) is 16.7. The lowest BCUT2D eigenvalue weighted by Gasteiger charge is -2.10. The van der Waals surface area contributed by atoms with E-state index in [1.807, 2.05) is 30.3 Å². The van der Waals surface area contributed by atoms with Crippen LogP contribution < -0.4 is 10.1 Å². The Kier molecular flexibility index (Phi) is 6.91. The van der Waals surface area contributed by atoms with E-state index in [9.17, 15) is 10.1 Å². The molecule has 0 aromatic heterocycles. The summed E-state index contributed by atoms with van der Waals surface area (Å²) in [5.74, 6) is -0.00369. The van der Waals surface area contributed by atoms with Crippen LogP contribution in [0.5, 0.6) is 5.75 Å². The van der Waals surface area contributed by atoms with Crippen LogP contribution >= 0.6 is 23.2 Å². The average Bonchev–Trinajstić information content (AvgIpc) is 2.73. The molecule has 0 aliphatic carbocycles. The summed E-state index contributed by atoms with van der Waals surface area (Å²) in [4.78, 5) is 12.5. The van der Waals surface area contributed by atoms with Crippen molar-refractivity contribution in [2.24, 2.45) is 0 Å². The highest BCUT2D eigenvalue weighted by Gasteiger charge is 2.12. The van der Waals surface area contributed by atoms with Crippen molar-refractivity contribution in [3.63, 3.8) is 0 Å². The van der Waals surface area contributed by atoms with E-state index in [1.165, 1.54) is 6.08 Å². The summed E-state index contributed by atoms with van der Waals surface area (Å²) in [6, 6.07) is 23.3. The summed E-state index contributed by atoms with van der Waals surface area (Å²) in [7, 11) is 0. The van der Waals surface area contributed by atoms with Crippen LogP contribution in [-0.2, 0) is 11.4 Å². The molecule has 0 saturated heterocycles. The molecule has 6 heteroatoms. The summed E-state index contributed by atoms with van der Waals surface area (Å²) in [5, 5.41) is 13.1. The molecule has 29 heavy (non-hydrogen) atoms. The Balaban J connectivity index is 1.80. The molecule has 0 fully saturated rings. The van der Waals surface area contributed by atoms with E-state index in [-0.39, 0.29) is 5.57 Å². The van der Waals surface area contributed by atoms with Crippen LogP contribution in [0.2, 0.25) is 10.0 Å². The number of benzene rings is 3. The molecule has 0 atom stereocenters. The maximum atomic E-state index is 12.5. The molecule has 1 N–H and O–H groups in total. The van der Waals surface area contributed by atoms with Crippen molar-refractivity contribution in [3.8, 4) is 11.8 Å². The van der Waals surface area contributed by atoms with E-state index in [1.54, 1.807) is 48.5 Å². The first-order chi connectivity index (χ1) is 14.1. The average molecular weight is 423 g/mol. The molecule has 1 amide bonds. The Morgan fingerprint density at radius 1 is 1.03 bits per heavy atom. The fourth-order valence-electron chi connectivity index (χ4n) is 2.58. The molecule has 4 nitrogen and oxygen atoms in total. The molecule has 0 aliphatic rings. The highest BCUT2D eigenvalue weighted by Crippen LogP contribution is 2.24. The molecule has 0 aliphatic heterocycles. The second-order valence-electron chi connectivity index (χ2n) is 6.06. The highest BCUT2D eigenvalue weighted by atomic mass is 35.5. The number of nitrogens with one attached hydrogen (secondary N) is 1. The van der Waals surface area contributed by atoms with Crippen LogP contribution in [0.15, 0.2) is 78.4 Å². The number of nitriles is 1. The highest BCUT2D eigenvalue weighted by molar-refractivity contribution is 6.34. The van der Waals surface area contributed by atoms with Crippen LogP contribution in [0, 0.1) is 11.3 Å². The van der Waals surface area contributed by atoms with Gasteiger partial charge in [-0.2, -0.15) is 5.26 Å². The number of amides is 1. The number of halogens is 2. The minimum absolute atomic E-state index is 0.0660. The van der Waals surface area contributed by atoms with Gasteiger partial charge >= 0.3 is 0 Å². The number of hydrogen-bond donors (Lipinski definition) is 1. The normalized spacial score (nSPS) is 10.9. The molecular formula is C23H16Cl2N2O2. The quantitative estimate of drug-likeness (QED) is 0.384. The van der Waals surface area contributed by atoms with Crippen molar-refractivity contribution < 1.29 is 9.53 Å². The zero-order chi connectivity index (χ0) is 20.6. The van der Waals surface area contributed by atoms with E-state index in [0.717, 1.165) is 5.56 Å². The number of carbonyl (C=O) groups excluding carboxylic acids is 1. The van der Waals surface area contributed by atoms with Gasteiger partial charge in [0.2, 0.25) is 0 Å². The smallest absolute Gasteiger partial charge is 0.266 e. The minimum Gasteiger partial charge on any atom is -0.488 e. The third kappa shape index (κ3) is 5.61. The van der Waals surface area contributed by atoms with Crippen LogP contribution in [0.4, 0.5) is 5.69 Å². The molecule has 144 valence electrons. The van der Waals surface area contributed by atoms with Crippen molar-refractivity contribution >= 4 is 40.9 Å². The lowest BCUT2D eigenvalue weighted by atomic mass is 10.1. The summed E-state index contributed by atoms with van der Waals surface area (Å²) in [6.07, 6.45) is 1.49. The van der Waals surface area contributed by atoms with Gasteiger partial charge in [0.05, 0.1) is 10.7 Å². The number of nitrogens with zero attached hydrogens (tertiary/aromatic N) is 1. The fraction of sp³-hybridized carbons (Fsp3) is 0.0435. The van der Waals surface area contributed by atoms with E-state index in [2.05, 4.69) is 5.32 Å². The predicted octanol–water partition coefficient (Wildman–Crippen LogP) is 6.12. The summed E-state index contributed by atoms with van der Waals surface area (Å²) >= 11 is 12.1. The zero-order valence-electron chi connectivity index (χ0n) is 15.2. The van der Waals surface area contributed by atoms with E-state index in [0.29, 0.717) is 33.7 Å². The van der Waals surface area contributed by atoms with E-state index >= 15 is 0 Å². The van der Waals surface area contributed by atoms with Gasteiger partial charge in [-0.3, -0.25) is 4.79 Å². The van der Waals surface area contributed by atoms with Gasteiger partial charge < -0.3 is 10.1 Å². The number of rotatable bonds is 6. The van der Waals surface area contributed by atoms with Gasteiger partial charge in [-0.25, -0.2) is 0 Å². The van der Waals surface area contributed by atoms with Gasteiger partial charge in [0.1, 0.15) is 24.0 Å². The van der Waals surface area contributed by atoms with Crippen molar-refractivity contribution in [1.82, 2.24) is 0 Å². The minimum atomic E-state index is -0.551. The van der Waals surface area contributed by atoms with Crippen molar-refractivity contribution in [3.05, 3.63) is 99.5 Å². The third-order valence-electron chi connectivity index (χ3n) is 3.99. The van der Waals surface area contributed by atoms with E-state index in [4.69, 9.17) is 27.9 Å². The van der Waals surface area contributed by atoms with Crippen LogP contribution in [0.3, 0.4) is 0 Å². The van der Waals surface area contributed by atoms with Gasteiger partial charge in [-0.05, 0) is 42.0 Å². The topological polar surface area (TPSA) is 62.1 Å². The second-order valence-corrected chi connectivity index (χ2v) is 6.90. The molecule has 0 saturated carbocycles. The Hall–Kier alpha value is -3.26. The first-order valence-electron chi connectivity index (χ1n) is 8.71. The van der Waals surface area contributed by atoms with Crippen LogP contribution in [0.25, 0.3) is 6.08 Å². The van der Waals surface area contributed by atoms with Gasteiger partial charge in [0.15, 0.2) is 0 Å². The molecule has 3 rings (SSSR count). The lowest BCUT2D eigenvalue weighted by Crippen LogP contribution is -2.13. The summed E-state index contributed by atoms with van der Waals surface area (Å²) in [6.45, 7) is 0.305. The number of hydrogen-bond acceptors (Lipinski definition) is 3. The summed E-state index contributed by atoms with van der Waals surface area (Å²) in [5.41, 5.74) is 1.89. The largest absolute Gasteiger partial charge is 0.488 e. The maximum Gasteiger partial charge on any atom is 0.266 e. The molecule has 0 spiro atoms. The molecule has 0 bridgehead atoms. The SMILES string of the molecule is N#C/C(=C\c1ccccc1OCc1cccc(Cl)c1)C(=O)Nc1ccccc1Cl. The van der Waals surface area contributed by atoms with Gasteiger partial charge in [-0.15, -0.1) is 0 Å². The molecule has 0 heterocycles. The van der Waals surface area contributed by atoms with Gasteiger partial charge in [0, 0.05) is 10.6 Å². The van der Waals surface area contributed by atoms with Crippen molar-refractivity contribution in [2.75, 3.05) is 5.32 Å². The Morgan fingerprint density at radius 3 is 2.55 bits per heavy atom. The maximum absolute atomic E-state index is 12.5. The lowest BCUT2D eigenvalue weighted by molar-refractivity contribution is -0.112. The first-order valence-corrected chi connectivity index (χ1v) is 9.46. The standard InChI is InChI=1S/C23H16Cl2N2O2/c24-19-8-5-6-16(12-19)15-29-22-11-4-1-7-17(22)13-18(14-26)23(28)27-21-10-3-2-9-20(21)25/h1-13H,15H2,(H,27,28)/b18-13+. The van der Waals surface area contributed by atoms with Crippen LogP contribution in [0.1, 0.15) is 11.1 Å². The van der Waals surface area contributed by atoms with Crippen LogP contribution in [-0.4, -0.2) is 5.91 Å². The second kappa shape index (κ2) is 9.79. The molecule has 3 aromatic rings. The Morgan fingerprint density at radius 2 is 1.79 bits per heavy atom. The number of ether oxygens (including phenoxy) is 1. The molecule has 0 unspecified atom stereocenters. The predicted molar refractivity (Wildman–Crippen MR) is 116 cm³/mol. The Labute approximate surface area is 179 Å². The third-order valence-corrected chi connectivity index (χ3v) is 4.55. The monoisotopic (exact) mass is 422 g/mol. The number of anilines is 1. The van der Waals surface area contributed by atoms with Gasteiger partial charge in [-0.1, -0.05) is 65.7 Å². The van der Waals surface area contributed by atoms with Gasteiger partial charge in [0.25, 0.3) is 5.91 Å². The van der Waals surface area contributed by atoms with E-state index < -0.39 is 5.91 Å². The number of carbonyl (C=O) groups is 1. The summed E-state index contributed by atoms with van der Waals surface area (Å²) < 4.78 is 5.88. The number of para-hydroxylation sites is 2. The van der Waals surface area contributed by atoms with Crippen molar-refractivity contribution in [1.29, 1.82) is 5.26 Å². The molecule has 3 aromatic carbocycles. The first kappa shape index (κ1) is 20.5. The fourth-order valence-corrected chi connectivity index (χ4v) is 2.97. The Bertz CT molecular complexity index is 1100. The van der Waals surface area contributed by atoms with Crippen molar-refractivity contribution in [2.45, 2.75) is 6.61 Å². The molecule has 0 radical (unpaired) electrons.